The molecule has 4 heteroatoms. The summed E-state index contributed by atoms with van der Waals surface area (Å²) in [5, 5.41) is 16.7. The van der Waals surface area contributed by atoms with Gasteiger partial charge < -0.3 is 10.4 Å². The number of nitrogens with one attached hydrogen (secondary N) is 1. The van der Waals surface area contributed by atoms with Crippen LogP contribution in [0.2, 0.25) is 0 Å². The maximum atomic E-state index is 8.80. The van der Waals surface area contributed by atoms with E-state index in [-0.39, 0.29) is 6.61 Å². The molecule has 98 valence electrons. The molecule has 17 heavy (non-hydrogen) atoms. The maximum absolute atomic E-state index is 8.80. The normalized spacial score (nSPS) is 14.8. The Labute approximate surface area is 104 Å². The third-order valence-electron chi connectivity index (χ3n) is 3.13. The van der Waals surface area contributed by atoms with E-state index in [1.165, 1.54) is 0 Å². The highest BCUT2D eigenvalue weighted by Gasteiger charge is 2.05. The summed E-state index contributed by atoms with van der Waals surface area (Å²) in [5.41, 5.74) is 1.08. The van der Waals surface area contributed by atoms with Gasteiger partial charge in [-0.1, -0.05) is 13.8 Å². The van der Waals surface area contributed by atoms with Gasteiger partial charge in [-0.2, -0.15) is 5.10 Å². The van der Waals surface area contributed by atoms with Crippen molar-refractivity contribution in [1.82, 2.24) is 15.1 Å². The Morgan fingerprint density at radius 3 is 2.88 bits per heavy atom. The summed E-state index contributed by atoms with van der Waals surface area (Å²) in [7, 11) is 0. The van der Waals surface area contributed by atoms with Gasteiger partial charge in [-0.3, -0.25) is 4.68 Å². The minimum atomic E-state index is 0.269. The zero-order chi connectivity index (χ0) is 12.7. The summed E-state index contributed by atoms with van der Waals surface area (Å²) >= 11 is 0. The molecule has 0 aliphatic carbocycles. The van der Waals surface area contributed by atoms with Crippen LogP contribution in [0.5, 0.6) is 0 Å². The summed E-state index contributed by atoms with van der Waals surface area (Å²) in [5.74, 6) is 0.511. The highest BCUT2D eigenvalue weighted by Crippen LogP contribution is 2.09. The molecule has 4 nitrogen and oxygen atoms in total. The fraction of sp³-hybridized carbons (Fsp3) is 0.769. The first-order chi connectivity index (χ1) is 8.17. The molecule has 1 aromatic heterocycles. The molecule has 0 aliphatic heterocycles. The first-order valence-electron chi connectivity index (χ1n) is 6.53. The van der Waals surface area contributed by atoms with Crippen LogP contribution in [0.1, 0.15) is 45.3 Å². The second kappa shape index (κ2) is 7.45. The number of aliphatic hydroxyl groups excluding tert-OH is 1. The first kappa shape index (κ1) is 14.2. The zero-order valence-corrected chi connectivity index (χ0v) is 11.2. The summed E-state index contributed by atoms with van der Waals surface area (Å²) in [6, 6.07) is 2.53. The van der Waals surface area contributed by atoms with Crippen molar-refractivity contribution < 1.29 is 5.11 Å². The molecule has 0 amide bonds. The topological polar surface area (TPSA) is 50.1 Å². The van der Waals surface area contributed by atoms with Crippen LogP contribution in [0, 0.1) is 5.92 Å². The number of nitrogens with zero attached hydrogens (tertiary/aromatic N) is 2. The minimum absolute atomic E-state index is 0.269. The van der Waals surface area contributed by atoms with Crippen molar-refractivity contribution in [2.24, 2.45) is 5.92 Å². The predicted molar refractivity (Wildman–Crippen MR) is 69.8 cm³/mol. The average Bonchev–Trinajstić information content (AvgIpc) is 2.77. The van der Waals surface area contributed by atoms with Crippen LogP contribution in [-0.4, -0.2) is 28.0 Å². The minimum Gasteiger partial charge on any atom is -0.396 e. The van der Waals surface area contributed by atoms with Crippen LogP contribution < -0.4 is 5.32 Å². The molecule has 0 radical (unpaired) electrons. The number of rotatable bonds is 8. The van der Waals surface area contributed by atoms with Gasteiger partial charge in [0, 0.05) is 25.4 Å². The molecule has 2 N–H and O–H groups in total. The van der Waals surface area contributed by atoms with Gasteiger partial charge in [0.1, 0.15) is 0 Å². The van der Waals surface area contributed by atoms with Crippen LogP contribution >= 0.6 is 0 Å². The quantitative estimate of drug-likeness (QED) is 0.729. The van der Waals surface area contributed by atoms with Crippen molar-refractivity contribution in [3.05, 3.63) is 18.0 Å². The van der Waals surface area contributed by atoms with E-state index < -0.39 is 0 Å². The molecule has 1 heterocycles. The lowest BCUT2D eigenvalue weighted by Crippen LogP contribution is -2.21. The van der Waals surface area contributed by atoms with Crippen LogP contribution in [0.25, 0.3) is 0 Å². The molecule has 1 rings (SSSR count). The van der Waals surface area contributed by atoms with E-state index >= 15 is 0 Å². The van der Waals surface area contributed by atoms with Crippen LogP contribution in [0.3, 0.4) is 0 Å². The molecule has 0 fully saturated rings. The van der Waals surface area contributed by atoms with Crippen LogP contribution in [0.4, 0.5) is 0 Å². The summed E-state index contributed by atoms with van der Waals surface area (Å²) in [6.07, 6.45) is 4.00. The third kappa shape index (κ3) is 4.88. The molecule has 2 atom stereocenters. The molecule has 0 aromatic carbocycles. The lowest BCUT2D eigenvalue weighted by atomic mass is 10.1. The number of hydrogen-bond donors (Lipinski definition) is 2. The molecular weight excluding hydrogens is 214 g/mol. The average molecular weight is 239 g/mol. The molecule has 0 bridgehead atoms. The SMILES string of the molecule is CCC(C)n1ccc(CNCC(C)CCO)n1. The second-order valence-corrected chi connectivity index (χ2v) is 4.79. The Morgan fingerprint density at radius 1 is 1.47 bits per heavy atom. The molecule has 0 saturated carbocycles. The standard InChI is InChI=1S/C13H25N3O/c1-4-12(3)16-7-5-13(15-16)10-14-9-11(2)6-8-17/h5,7,11-12,14,17H,4,6,8-10H2,1-3H3. The van der Waals surface area contributed by atoms with Crippen molar-refractivity contribution >= 4 is 0 Å². The number of hydrogen-bond acceptors (Lipinski definition) is 3. The summed E-state index contributed by atoms with van der Waals surface area (Å²) in [6.45, 7) is 8.48. The van der Waals surface area contributed by atoms with E-state index in [2.05, 4.69) is 37.3 Å². The highest BCUT2D eigenvalue weighted by atomic mass is 16.3. The van der Waals surface area contributed by atoms with E-state index in [0.29, 0.717) is 12.0 Å². The molecule has 2 unspecified atom stereocenters. The van der Waals surface area contributed by atoms with E-state index in [0.717, 1.165) is 31.6 Å². The summed E-state index contributed by atoms with van der Waals surface area (Å²) in [4.78, 5) is 0. The van der Waals surface area contributed by atoms with E-state index in [4.69, 9.17) is 5.11 Å². The van der Waals surface area contributed by atoms with Gasteiger partial charge in [0.05, 0.1) is 5.69 Å². The highest BCUT2D eigenvalue weighted by molar-refractivity contribution is 4.99. The smallest absolute Gasteiger partial charge is 0.0762 e. The van der Waals surface area contributed by atoms with Gasteiger partial charge in [-0.25, -0.2) is 0 Å². The van der Waals surface area contributed by atoms with E-state index in [1.807, 2.05) is 10.9 Å². The van der Waals surface area contributed by atoms with Crippen molar-refractivity contribution in [3.8, 4) is 0 Å². The van der Waals surface area contributed by atoms with Crippen molar-refractivity contribution in [2.45, 2.75) is 46.2 Å². The van der Waals surface area contributed by atoms with Gasteiger partial charge in [-0.15, -0.1) is 0 Å². The van der Waals surface area contributed by atoms with Gasteiger partial charge in [-0.05, 0) is 38.3 Å². The van der Waals surface area contributed by atoms with E-state index in [1.54, 1.807) is 0 Å². The molecule has 0 saturated heterocycles. The second-order valence-electron chi connectivity index (χ2n) is 4.79. The Bertz CT molecular complexity index is 311. The third-order valence-corrected chi connectivity index (χ3v) is 3.13. The predicted octanol–water partition coefficient (Wildman–Crippen LogP) is 1.96. The first-order valence-corrected chi connectivity index (χ1v) is 6.53. The lowest BCUT2D eigenvalue weighted by molar-refractivity contribution is 0.260. The molecule has 1 aromatic rings. The molecule has 0 aliphatic rings. The molecular formula is C13H25N3O. The monoisotopic (exact) mass is 239 g/mol. The van der Waals surface area contributed by atoms with Crippen LogP contribution in [-0.2, 0) is 6.54 Å². The number of aromatic nitrogens is 2. The fourth-order valence-electron chi connectivity index (χ4n) is 1.67. The largest absolute Gasteiger partial charge is 0.396 e. The van der Waals surface area contributed by atoms with Gasteiger partial charge in [0.2, 0.25) is 0 Å². The number of aliphatic hydroxyl groups is 1. The van der Waals surface area contributed by atoms with Gasteiger partial charge in [0.25, 0.3) is 0 Å². The Balaban J connectivity index is 2.30. The van der Waals surface area contributed by atoms with Crippen molar-refractivity contribution in [1.29, 1.82) is 0 Å². The zero-order valence-electron chi connectivity index (χ0n) is 11.2. The van der Waals surface area contributed by atoms with Gasteiger partial charge in [0.15, 0.2) is 0 Å². The fourth-order valence-corrected chi connectivity index (χ4v) is 1.67. The van der Waals surface area contributed by atoms with Crippen LogP contribution in [0.15, 0.2) is 12.3 Å². The Morgan fingerprint density at radius 2 is 2.24 bits per heavy atom. The van der Waals surface area contributed by atoms with E-state index in [9.17, 15) is 0 Å². The Kier molecular flexibility index (Phi) is 6.22. The lowest BCUT2D eigenvalue weighted by Gasteiger charge is -2.10. The summed E-state index contributed by atoms with van der Waals surface area (Å²) < 4.78 is 2.02. The Hall–Kier alpha value is -0.870. The van der Waals surface area contributed by atoms with Gasteiger partial charge >= 0.3 is 0 Å². The van der Waals surface area contributed by atoms with Crippen molar-refractivity contribution in [2.75, 3.05) is 13.2 Å². The molecule has 0 spiro atoms. The van der Waals surface area contributed by atoms with Crippen molar-refractivity contribution in [3.63, 3.8) is 0 Å². The maximum Gasteiger partial charge on any atom is 0.0762 e.